The number of nitrogens with one attached hydrogen (secondary N) is 1. The molecular formula is C16H24N6O2. The average molecular weight is 332 g/mol. The molecule has 1 saturated carbocycles. The van der Waals surface area contributed by atoms with Crippen molar-refractivity contribution in [3.05, 3.63) is 11.8 Å². The molecule has 130 valence electrons. The first kappa shape index (κ1) is 17.8. The summed E-state index contributed by atoms with van der Waals surface area (Å²) < 4.78 is 0. The Morgan fingerprint density at radius 2 is 2.04 bits per heavy atom. The van der Waals surface area contributed by atoms with E-state index in [1.807, 2.05) is 26.8 Å². The maximum absolute atomic E-state index is 11.6. The molecule has 8 nitrogen and oxygen atoms in total. The van der Waals surface area contributed by atoms with E-state index < -0.39 is 11.6 Å². The van der Waals surface area contributed by atoms with E-state index in [0.717, 1.165) is 25.7 Å². The Balaban J connectivity index is 1.97. The number of carbonyl (C=O) groups is 1. The highest BCUT2D eigenvalue weighted by atomic mass is 16.4. The first-order chi connectivity index (χ1) is 11.2. The SMILES string of the molecule is CC(C)(C)N(C(=O)O)C1CCC(Nc2ncc(C#N)c(N)n2)CC1. The monoisotopic (exact) mass is 332 g/mol. The third kappa shape index (κ3) is 4.04. The van der Waals surface area contributed by atoms with Crippen LogP contribution < -0.4 is 11.1 Å². The Bertz CT molecular complexity index is 641. The van der Waals surface area contributed by atoms with Gasteiger partial charge in [0.05, 0.1) is 6.20 Å². The molecule has 0 aliphatic heterocycles. The minimum absolute atomic E-state index is 0.0208. The summed E-state index contributed by atoms with van der Waals surface area (Å²) in [7, 11) is 0. The third-order valence-corrected chi connectivity index (χ3v) is 4.26. The second kappa shape index (κ2) is 6.91. The number of amides is 1. The fourth-order valence-electron chi connectivity index (χ4n) is 3.20. The topological polar surface area (TPSA) is 128 Å². The highest BCUT2D eigenvalue weighted by molar-refractivity contribution is 5.66. The number of hydrogen-bond donors (Lipinski definition) is 3. The van der Waals surface area contributed by atoms with Crippen molar-refractivity contribution in [3.63, 3.8) is 0 Å². The van der Waals surface area contributed by atoms with Gasteiger partial charge in [-0.2, -0.15) is 10.2 Å². The van der Waals surface area contributed by atoms with Crippen LogP contribution in [0.1, 0.15) is 52.0 Å². The summed E-state index contributed by atoms with van der Waals surface area (Å²) in [5, 5.41) is 21.6. The highest BCUT2D eigenvalue weighted by Crippen LogP contribution is 2.29. The molecule has 0 radical (unpaired) electrons. The normalized spacial score (nSPS) is 20.9. The van der Waals surface area contributed by atoms with Gasteiger partial charge in [-0.05, 0) is 46.5 Å². The van der Waals surface area contributed by atoms with Crippen molar-refractivity contribution in [2.45, 2.75) is 64.1 Å². The van der Waals surface area contributed by atoms with Crippen LogP contribution in [0.5, 0.6) is 0 Å². The first-order valence-electron chi connectivity index (χ1n) is 8.03. The Kier molecular flexibility index (Phi) is 5.12. The van der Waals surface area contributed by atoms with E-state index >= 15 is 0 Å². The fourth-order valence-corrected chi connectivity index (χ4v) is 3.20. The maximum Gasteiger partial charge on any atom is 0.407 e. The second-order valence-electron chi connectivity index (χ2n) is 7.08. The molecular weight excluding hydrogens is 308 g/mol. The molecule has 24 heavy (non-hydrogen) atoms. The molecule has 0 saturated heterocycles. The lowest BCUT2D eigenvalue weighted by atomic mass is 9.88. The smallest absolute Gasteiger partial charge is 0.407 e. The van der Waals surface area contributed by atoms with E-state index in [1.54, 1.807) is 4.90 Å². The lowest BCUT2D eigenvalue weighted by Crippen LogP contribution is -2.52. The molecule has 0 atom stereocenters. The van der Waals surface area contributed by atoms with Crippen LogP contribution in [0.2, 0.25) is 0 Å². The summed E-state index contributed by atoms with van der Waals surface area (Å²) in [5.41, 5.74) is 5.54. The van der Waals surface area contributed by atoms with Crippen LogP contribution in [-0.4, -0.2) is 43.7 Å². The van der Waals surface area contributed by atoms with Crippen LogP contribution >= 0.6 is 0 Å². The molecule has 0 spiro atoms. The summed E-state index contributed by atoms with van der Waals surface area (Å²) in [4.78, 5) is 21.3. The molecule has 1 aliphatic rings. The molecule has 0 bridgehead atoms. The predicted molar refractivity (Wildman–Crippen MR) is 90.4 cm³/mol. The summed E-state index contributed by atoms with van der Waals surface area (Å²) in [5.74, 6) is 0.564. The number of aromatic nitrogens is 2. The van der Waals surface area contributed by atoms with Gasteiger partial charge < -0.3 is 21.1 Å². The Labute approximate surface area is 141 Å². The Morgan fingerprint density at radius 1 is 1.42 bits per heavy atom. The first-order valence-corrected chi connectivity index (χ1v) is 8.03. The van der Waals surface area contributed by atoms with E-state index in [9.17, 15) is 9.90 Å². The van der Waals surface area contributed by atoms with Crippen LogP contribution in [-0.2, 0) is 0 Å². The Hall–Kier alpha value is -2.56. The summed E-state index contributed by atoms with van der Waals surface area (Å²) in [6.45, 7) is 5.75. The van der Waals surface area contributed by atoms with Gasteiger partial charge >= 0.3 is 6.09 Å². The van der Waals surface area contributed by atoms with Crippen LogP contribution in [0, 0.1) is 11.3 Å². The molecule has 1 amide bonds. The van der Waals surface area contributed by atoms with Crippen molar-refractivity contribution in [1.29, 1.82) is 5.26 Å². The highest BCUT2D eigenvalue weighted by Gasteiger charge is 2.35. The Morgan fingerprint density at radius 3 is 2.50 bits per heavy atom. The third-order valence-electron chi connectivity index (χ3n) is 4.26. The average Bonchev–Trinajstić information content (AvgIpc) is 2.47. The van der Waals surface area contributed by atoms with Gasteiger partial charge in [0.15, 0.2) is 0 Å². The predicted octanol–water partition coefficient (Wildman–Crippen LogP) is 2.43. The van der Waals surface area contributed by atoms with Crippen molar-refractivity contribution in [2.75, 3.05) is 11.1 Å². The van der Waals surface area contributed by atoms with E-state index in [2.05, 4.69) is 15.3 Å². The molecule has 1 fully saturated rings. The fraction of sp³-hybridized carbons (Fsp3) is 0.625. The summed E-state index contributed by atoms with van der Waals surface area (Å²) in [6.07, 6.45) is 3.76. The van der Waals surface area contributed by atoms with E-state index in [4.69, 9.17) is 11.0 Å². The van der Waals surface area contributed by atoms with Crippen LogP contribution in [0.4, 0.5) is 16.6 Å². The van der Waals surface area contributed by atoms with Gasteiger partial charge in [0.25, 0.3) is 0 Å². The number of nitrogens with two attached hydrogens (primary N) is 1. The van der Waals surface area contributed by atoms with Gasteiger partial charge in [-0.1, -0.05) is 0 Å². The van der Waals surface area contributed by atoms with Crippen LogP contribution in [0.25, 0.3) is 0 Å². The van der Waals surface area contributed by atoms with Crippen molar-refractivity contribution < 1.29 is 9.90 Å². The lowest BCUT2D eigenvalue weighted by Gasteiger charge is -2.42. The molecule has 0 unspecified atom stereocenters. The van der Waals surface area contributed by atoms with Crippen molar-refractivity contribution in [2.24, 2.45) is 0 Å². The van der Waals surface area contributed by atoms with Crippen molar-refractivity contribution in [3.8, 4) is 6.07 Å². The lowest BCUT2D eigenvalue weighted by molar-refractivity contribution is 0.0556. The van der Waals surface area contributed by atoms with E-state index in [0.29, 0.717) is 5.95 Å². The van der Waals surface area contributed by atoms with Gasteiger partial charge in [-0.15, -0.1) is 0 Å². The number of nitrogen functional groups attached to an aromatic ring is 1. The van der Waals surface area contributed by atoms with Gasteiger partial charge in [-0.3, -0.25) is 0 Å². The molecule has 0 aromatic carbocycles. The largest absolute Gasteiger partial charge is 0.465 e. The number of anilines is 2. The van der Waals surface area contributed by atoms with Crippen molar-refractivity contribution >= 4 is 17.9 Å². The van der Waals surface area contributed by atoms with Gasteiger partial charge in [0, 0.05) is 17.6 Å². The zero-order valence-corrected chi connectivity index (χ0v) is 14.3. The molecule has 1 aromatic heterocycles. The standard InChI is InChI=1S/C16H24N6O2/c1-16(2,3)22(15(23)24)12-6-4-11(5-7-12)20-14-19-9-10(8-17)13(18)21-14/h9,11-12H,4-7H2,1-3H3,(H,23,24)(H3,18,19,20,21). The zero-order chi connectivity index (χ0) is 17.9. The summed E-state index contributed by atoms with van der Waals surface area (Å²) >= 11 is 0. The zero-order valence-electron chi connectivity index (χ0n) is 14.3. The molecule has 1 heterocycles. The molecule has 4 N–H and O–H groups in total. The number of rotatable bonds is 3. The van der Waals surface area contributed by atoms with Crippen LogP contribution in [0.3, 0.4) is 0 Å². The molecule has 8 heteroatoms. The molecule has 2 rings (SSSR count). The number of hydrogen-bond acceptors (Lipinski definition) is 6. The quantitative estimate of drug-likeness (QED) is 0.775. The van der Waals surface area contributed by atoms with Crippen molar-refractivity contribution in [1.82, 2.24) is 14.9 Å². The number of carboxylic acid groups (broad SMARTS) is 1. The van der Waals surface area contributed by atoms with Gasteiger partial charge in [-0.25, -0.2) is 9.78 Å². The maximum atomic E-state index is 11.6. The van der Waals surface area contributed by atoms with Crippen LogP contribution in [0.15, 0.2) is 6.20 Å². The number of nitrogens with zero attached hydrogens (tertiary/aromatic N) is 4. The number of nitriles is 1. The van der Waals surface area contributed by atoms with Gasteiger partial charge in [0.1, 0.15) is 17.5 Å². The second-order valence-corrected chi connectivity index (χ2v) is 7.08. The molecule has 1 aliphatic carbocycles. The van der Waals surface area contributed by atoms with Gasteiger partial charge in [0.2, 0.25) is 5.95 Å². The minimum Gasteiger partial charge on any atom is -0.465 e. The summed E-state index contributed by atoms with van der Waals surface area (Å²) in [6, 6.07) is 2.12. The minimum atomic E-state index is -0.873. The van der Waals surface area contributed by atoms with E-state index in [1.165, 1.54) is 6.20 Å². The molecule has 1 aromatic rings. The van der Waals surface area contributed by atoms with E-state index in [-0.39, 0.29) is 23.5 Å².